The highest BCUT2D eigenvalue weighted by atomic mass is 79.9. The number of halogens is 3. The van der Waals surface area contributed by atoms with Crippen LogP contribution >= 0.6 is 28.3 Å². The lowest BCUT2D eigenvalue weighted by Crippen LogP contribution is -2.26. The SMILES string of the molecule is Cl.Fc1cc(Br)ccc1Cn1cc(C2CCNCC2)c2ccccc21. The summed E-state index contributed by atoms with van der Waals surface area (Å²) in [6.07, 6.45) is 4.57. The molecule has 0 aliphatic carbocycles. The van der Waals surface area contributed by atoms with Gasteiger partial charge in [-0.25, -0.2) is 4.39 Å². The lowest BCUT2D eigenvalue weighted by atomic mass is 9.90. The minimum absolute atomic E-state index is 0. The van der Waals surface area contributed by atoms with Crippen LogP contribution < -0.4 is 5.32 Å². The van der Waals surface area contributed by atoms with Crippen LogP contribution in [0.15, 0.2) is 53.1 Å². The van der Waals surface area contributed by atoms with Crippen molar-refractivity contribution in [2.45, 2.75) is 25.3 Å². The van der Waals surface area contributed by atoms with Crippen LogP contribution in [0, 0.1) is 5.82 Å². The molecule has 2 nitrogen and oxygen atoms in total. The number of rotatable bonds is 3. The molecule has 1 fully saturated rings. The van der Waals surface area contributed by atoms with Crippen LogP contribution in [0.3, 0.4) is 0 Å². The highest BCUT2D eigenvalue weighted by Gasteiger charge is 2.20. The zero-order chi connectivity index (χ0) is 16.5. The average molecular weight is 424 g/mol. The zero-order valence-corrected chi connectivity index (χ0v) is 16.2. The Morgan fingerprint density at radius 3 is 2.64 bits per heavy atom. The maximum atomic E-state index is 14.2. The topological polar surface area (TPSA) is 17.0 Å². The van der Waals surface area contributed by atoms with Gasteiger partial charge in [0.2, 0.25) is 0 Å². The maximum absolute atomic E-state index is 14.2. The van der Waals surface area contributed by atoms with Crippen molar-refractivity contribution in [1.82, 2.24) is 9.88 Å². The summed E-state index contributed by atoms with van der Waals surface area (Å²) in [6, 6.07) is 13.8. The van der Waals surface area contributed by atoms with Crippen molar-refractivity contribution in [2.24, 2.45) is 0 Å². The predicted octanol–water partition coefficient (Wildman–Crippen LogP) is 5.48. The van der Waals surface area contributed by atoms with Crippen LogP contribution in [0.4, 0.5) is 4.39 Å². The second-order valence-corrected chi connectivity index (χ2v) is 7.41. The Hall–Kier alpha value is -1.36. The first-order valence-corrected chi connectivity index (χ1v) is 9.24. The molecule has 2 aromatic carbocycles. The van der Waals surface area contributed by atoms with E-state index in [9.17, 15) is 4.39 Å². The van der Waals surface area contributed by atoms with E-state index in [1.165, 1.54) is 35.4 Å². The third kappa shape index (κ3) is 3.76. The molecule has 5 heteroatoms. The number of hydrogen-bond acceptors (Lipinski definition) is 1. The number of nitrogens with one attached hydrogen (secondary N) is 1. The van der Waals surface area contributed by atoms with Crippen LogP contribution in [0.5, 0.6) is 0 Å². The van der Waals surface area contributed by atoms with Crippen LogP contribution in [-0.4, -0.2) is 17.7 Å². The van der Waals surface area contributed by atoms with Crippen molar-refractivity contribution in [1.29, 1.82) is 0 Å². The molecule has 1 aliphatic heterocycles. The summed E-state index contributed by atoms with van der Waals surface area (Å²) in [4.78, 5) is 0. The maximum Gasteiger partial charge on any atom is 0.129 e. The van der Waals surface area contributed by atoms with Crippen LogP contribution in [0.2, 0.25) is 0 Å². The largest absolute Gasteiger partial charge is 0.343 e. The van der Waals surface area contributed by atoms with Crippen molar-refractivity contribution >= 4 is 39.2 Å². The summed E-state index contributed by atoms with van der Waals surface area (Å²) in [5.41, 5.74) is 3.31. The second-order valence-electron chi connectivity index (χ2n) is 6.49. The smallest absolute Gasteiger partial charge is 0.129 e. The molecule has 0 saturated carbocycles. The zero-order valence-electron chi connectivity index (χ0n) is 13.8. The summed E-state index contributed by atoms with van der Waals surface area (Å²) < 4.78 is 17.2. The van der Waals surface area contributed by atoms with E-state index in [4.69, 9.17) is 0 Å². The number of piperidine rings is 1. The van der Waals surface area contributed by atoms with E-state index in [1.807, 2.05) is 12.1 Å². The number of benzene rings is 2. The van der Waals surface area contributed by atoms with Gasteiger partial charge in [-0.3, -0.25) is 0 Å². The molecule has 0 radical (unpaired) electrons. The average Bonchev–Trinajstić information content (AvgIpc) is 2.97. The Bertz CT molecular complexity index is 871. The normalized spacial score (nSPS) is 15.3. The van der Waals surface area contributed by atoms with Gasteiger partial charge >= 0.3 is 0 Å². The van der Waals surface area contributed by atoms with E-state index in [1.54, 1.807) is 0 Å². The summed E-state index contributed by atoms with van der Waals surface area (Å²) in [7, 11) is 0. The first kappa shape index (κ1) is 18.4. The molecular formula is C20H21BrClFN2. The molecule has 1 aromatic heterocycles. The van der Waals surface area contributed by atoms with Gasteiger partial charge in [-0.15, -0.1) is 12.4 Å². The summed E-state index contributed by atoms with van der Waals surface area (Å²) in [6.45, 7) is 2.71. The third-order valence-corrected chi connectivity index (χ3v) is 5.45. The lowest BCUT2D eigenvalue weighted by Gasteiger charge is -2.22. The molecular weight excluding hydrogens is 403 g/mol. The Labute approximate surface area is 162 Å². The van der Waals surface area contributed by atoms with E-state index in [-0.39, 0.29) is 18.2 Å². The molecule has 1 N–H and O–H groups in total. The first-order valence-electron chi connectivity index (χ1n) is 8.45. The van der Waals surface area contributed by atoms with Gasteiger partial charge in [0.05, 0.1) is 6.54 Å². The molecule has 4 rings (SSSR count). The van der Waals surface area contributed by atoms with E-state index in [2.05, 4.69) is 56.3 Å². The number of nitrogens with zero attached hydrogens (tertiary/aromatic N) is 1. The van der Waals surface area contributed by atoms with Crippen molar-refractivity contribution in [3.63, 3.8) is 0 Å². The van der Waals surface area contributed by atoms with Gasteiger partial charge in [-0.1, -0.05) is 40.2 Å². The number of aromatic nitrogens is 1. The Morgan fingerprint density at radius 1 is 1.12 bits per heavy atom. The molecule has 25 heavy (non-hydrogen) atoms. The Balaban J connectivity index is 0.00000182. The van der Waals surface area contributed by atoms with Crippen molar-refractivity contribution in [3.8, 4) is 0 Å². The molecule has 0 unspecified atom stereocenters. The highest BCUT2D eigenvalue weighted by molar-refractivity contribution is 9.10. The van der Waals surface area contributed by atoms with E-state index in [0.29, 0.717) is 12.5 Å². The van der Waals surface area contributed by atoms with Gasteiger partial charge < -0.3 is 9.88 Å². The van der Waals surface area contributed by atoms with Crippen molar-refractivity contribution in [3.05, 3.63) is 70.1 Å². The minimum atomic E-state index is -0.162. The monoisotopic (exact) mass is 422 g/mol. The van der Waals surface area contributed by atoms with Gasteiger partial charge in [0.25, 0.3) is 0 Å². The Morgan fingerprint density at radius 2 is 1.88 bits per heavy atom. The quantitative estimate of drug-likeness (QED) is 0.590. The van der Waals surface area contributed by atoms with Gasteiger partial charge in [0.15, 0.2) is 0 Å². The van der Waals surface area contributed by atoms with Crippen LogP contribution in [0.1, 0.15) is 29.9 Å². The number of hydrogen-bond donors (Lipinski definition) is 1. The fourth-order valence-corrected chi connectivity index (χ4v) is 4.03. The summed E-state index contributed by atoms with van der Waals surface area (Å²) in [5, 5.41) is 4.74. The fourth-order valence-electron chi connectivity index (χ4n) is 3.70. The predicted molar refractivity (Wildman–Crippen MR) is 107 cm³/mol. The molecule has 2 heterocycles. The van der Waals surface area contributed by atoms with Crippen LogP contribution in [0.25, 0.3) is 10.9 Å². The number of para-hydroxylation sites is 1. The highest BCUT2D eigenvalue weighted by Crippen LogP contribution is 2.33. The molecule has 0 atom stereocenters. The minimum Gasteiger partial charge on any atom is -0.343 e. The van der Waals surface area contributed by atoms with Crippen molar-refractivity contribution in [2.75, 3.05) is 13.1 Å². The summed E-state index contributed by atoms with van der Waals surface area (Å²) >= 11 is 3.32. The van der Waals surface area contributed by atoms with Crippen LogP contribution in [-0.2, 0) is 6.54 Å². The van der Waals surface area contributed by atoms with Gasteiger partial charge in [0.1, 0.15) is 5.82 Å². The van der Waals surface area contributed by atoms with Crippen molar-refractivity contribution < 1.29 is 4.39 Å². The first-order chi connectivity index (χ1) is 11.7. The molecule has 132 valence electrons. The van der Waals surface area contributed by atoms with E-state index < -0.39 is 0 Å². The molecule has 0 spiro atoms. The molecule has 0 amide bonds. The molecule has 1 saturated heterocycles. The van der Waals surface area contributed by atoms with Gasteiger partial charge in [-0.2, -0.15) is 0 Å². The molecule has 1 aliphatic rings. The van der Waals surface area contributed by atoms with Gasteiger partial charge in [0, 0.05) is 27.1 Å². The van der Waals surface area contributed by atoms with E-state index >= 15 is 0 Å². The third-order valence-electron chi connectivity index (χ3n) is 4.95. The molecule has 0 bridgehead atoms. The van der Waals surface area contributed by atoms with E-state index in [0.717, 1.165) is 23.1 Å². The standard InChI is InChI=1S/C20H20BrFN2.ClH/c21-16-6-5-15(19(22)11-16)12-24-13-18(14-7-9-23-10-8-14)17-3-1-2-4-20(17)24;/h1-6,11,13-14,23H,7-10,12H2;1H. The fraction of sp³-hybridized carbons (Fsp3) is 0.300. The molecule has 3 aromatic rings. The number of fused-ring (bicyclic) bond motifs is 1. The van der Waals surface area contributed by atoms with Gasteiger partial charge in [-0.05, 0) is 55.6 Å². The second kappa shape index (κ2) is 7.90. The Kier molecular flexibility index (Phi) is 5.82. The summed E-state index contributed by atoms with van der Waals surface area (Å²) in [5.74, 6) is 0.428. The lowest BCUT2D eigenvalue weighted by molar-refractivity contribution is 0.461.